The Morgan fingerprint density at radius 3 is 1.32 bits per heavy atom. The molecule has 1 saturated heterocycles. The first-order valence-electron chi connectivity index (χ1n) is 12.8. The molecule has 1 aliphatic heterocycles. The van der Waals surface area contributed by atoms with Crippen LogP contribution in [0.5, 0.6) is 0 Å². The summed E-state index contributed by atoms with van der Waals surface area (Å²) in [6.45, 7) is 3.15. The molecule has 1 heterocycles. The summed E-state index contributed by atoms with van der Waals surface area (Å²) in [6, 6.07) is 16.7. The lowest BCUT2D eigenvalue weighted by atomic mass is 10.4. The van der Waals surface area contributed by atoms with Crippen molar-refractivity contribution in [2.75, 3.05) is 39.3 Å². The molecular formula is C22H40N4O8Si4. The first-order chi connectivity index (χ1) is 18.2. The minimum atomic E-state index is -4.52. The van der Waals surface area contributed by atoms with E-state index < -0.39 is 35.2 Å². The van der Waals surface area contributed by atoms with Gasteiger partial charge < -0.3 is 57.7 Å². The molecule has 0 aromatic heterocycles. The second kappa shape index (κ2) is 14.5. The first kappa shape index (κ1) is 31.4. The lowest BCUT2D eigenvalue weighted by Crippen LogP contribution is -2.76. The molecule has 38 heavy (non-hydrogen) atoms. The number of hydrogen-bond donors (Lipinski definition) is 8. The molecule has 4 atom stereocenters. The fraction of sp³-hybridized carbons (Fsp3) is 0.455. The fourth-order valence-electron chi connectivity index (χ4n) is 4.02. The van der Waals surface area contributed by atoms with Crippen LogP contribution >= 0.6 is 0 Å². The first-order valence-corrected chi connectivity index (χ1v) is 20.3. The van der Waals surface area contributed by atoms with Crippen molar-refractivity contribution in [1.29, 1.82) is 0 Å². The molecule has 0 amide bonds. The van der Waals surface area contributed by atoms with E-state index in [9.17, 15) is 19.2 Å². The van der Waals surface area contributed by atoms with Crippen molar-refractivity contribution < 1.29 is 35.6 Å². The Labute approximate surface area is 228 Å². The lowest BCUT2D eigenvalue weighted by molar-refractivity contribution is 0.0793. The van der Waals surface area contributed by atoms with Crippen LogP contribution in [0.1, 0.15) is 12.8 Å². The maximum Gasteiger partial charge on any atom is 0.520 e. The molecular weight excluding hydrogens is 561 g/mol. The Hall–Kier alpha value is -1.17. The monoisotopic (exact) mass is 600 g/mol. The second-order valence-corrected chi connectivity index (χ2v) is 19.6. The van der Waals surface area contributed by atoms with Crippen LogP contribution in [0.15, 0.2) is 60.7 Å². The number of rotatable bonds is 14. The van der Waals surface area contributed by atoms with Crippen LogP contribution in [0, 0.1) is 0 Å². The number of benzene rings is 2. The Bertz CT molecular complexity index is 901. The number of nitrogens with one attached hydrogen (secondary N) is 2. The van der Waals surface area contributed by atoms with E-state index in [1.807, 2.05) is 0 Å². The van der Waals surface area contributed by atoms with Crippen LogP contribution in [0.4, 0.5) is 0 Å². The Morgan fingerprint density at radius 2 is 0.947 bits per heavy atom. The van der Waals surface area contributed by atoms with Crippen LogP contribution in [0.3, 0.4) is 0 Å². The topological polar surface area (TPSA) is 194 Å². The summed E-state index contributed by atoms with van der Waals surface area (Å²) in [5.41, 5.74) is 11.1. The molecule has 12 nitrogen and oxygen atoms in total. The second-order valence-electron chi connectivity index (χ2n) is 9.01. The summed E-state index contributed by atoms with van der Waals surface area (Å²) in [4.78, 5) is 47.0. The highest BCUT2D eigenvalue weighted by Crippen LogP contribution is 2.31. The largest absolute Gasteiger partial charge is 0.520 e. The van der Waals surface area contributed by atoms with Gasteiger partial charge in [-0.2, -0.15) is 0 Å². The molecule has 0 bridgehead atoms. The quantitative estimate of drug-likeness (QED) is 0.0839. The predicted octanol–water partition coefficient (Wildman–Crippen LogP) is -2.52. The van der Waals surface area contributed by atoms with Gasteiger partial charge in [0.1, 0.15) is 0 Å². The van der Waals surface area contributed by atoms with Gasteiger partial charge in [-0.05, 0) is 25.9 Å². The van der Waals surface area contributed by atoms with E-state index in [4.69, 9.17) is 27.9 Å². The Balaban J connectivity index is 1.97. The van der Waals surface area contributed by atoms with E-state index in [2.05, 4.69) is 10.6 Å². The van der Waals surface area contributed by atoms with Crippen molar-refractivity contribution in [3.63, 3.8) is 0 Å². The third-order valence-corrected chi connectivity index (χ3v) is 19.4. The molecule has 0 spiro atoms. The molecule has 1 aliphatic rings. The normalized spacial score (nSPS) is 30.1. The van der Waals surface area contributed by atoms with Crippen molar-refractivity contribution >= 4 is 45.6 Å². The maximum absolute atomic E-state index is 11.8. The fourth-order valence-corrected chi connectivity index (χ4v) is 19.1. The van der Waals surface area contributed by atoms with Crippen molar-refractivity contribution in [1.82, 2.24) is 10.6 Å². The predicted molar refractivity (Wildman–Crippen MR) is 151 cm³/mol. The highest BCUT2D eigenvalue weighted by Gasteiger charge is 2.65. The van der Waals surface area contributed by atoms with Gasteiger partial charge in [-0.1, -0.05) is 60.7 Å². The summed E-state index contributed by atoms with van der Waals surface area (Å²) in [6.07, 6.45) is 0.843. The van der Waals surface area contributed by atoms with Crippen molar-refractivity contribution in [3.8, 4) is 0 Å². The standard InChI is InChI=1S/C22H40N4O8Si4/c23-13-17-25-15-7-19-35(27)31-36(28,20-8-16-26-18-14-24)33-38(30,22-11-5-2-6-12-22)34-37(29,32-35)21-9-3-1-4-10-21/h1-6,9-12,25-30H,7-8,13-20,23-24H2. The van der Waals surface area contributed by atoms with Crippen LogP contribution in [0.2, 0.25) is 12.1 Å². The van der Waals surface area contributed by atoms with E-state index in [0.717, 1.165) is 0 Å². The zero-order valence-electron chi connectivity index (χ0n) is 21.4. The summed E-state index contributed by atoms with van der Waals surface area (Å²) in [5, 5.41) is 6.81. The summed E-state index contributed by atoms with van der Waals surface area (Å²) < 4.78 is 24.2. The number of hydrogen-bond acceptors (Lipinski definition) is 12. The summed E-state index contributed by atoms with van der Waals surface area (Å²) >= 11 is 0. The molecule has 2 aromatic carbocycles. The molecule has 0 aliphatic carbocycles. The minimum absolute atomic E-state index is 0.0193. The zero-order chi connectivity index (χ0) is 27.5. The van der Waals surface area contributed by atoms with E-state index in [-0.39, 0.29) is 22.5 Å². The molecule has 0 radical (unpaired) electrons. The van der Waals surface area contributed by atoms with E-state index >= 15 is 0 Å². The van der Waals surface area contributed by atoms with Gasteiger partial charge in [-0.3, -0.25) is 0 Å². The van der Waals surface area contributed by atoms with Gasteiger partial charge in [-0.15, -0.1) is 0 Å². The zero-order valence-corrected chi connectivity index (χ0v) is 25.4. The van der Waals surface area contributed by atoms with Gasteiger partial charge in [0.15, 0.2) is 0 Å². The molecule has 2 aromatic rings. The molecule has 0 saturated carbocycles. The molecule has 16 heteroatoms. The van der Waals surface area contributed by atoms with Gasteiger partial charge in [0.05, 0.1) is 0 Å². The average molecular weight is 601 g/mol. The van der Waals surface area contributed by atoms with Crippen molar-refractivity contribution in [2.45, 2.75) is 24.9 Å². The van der Waals surface area contributed by atoms with Gasteiger partial charge >= 0.3 is 35.2 Å². The molecule has 3 rings (SSSR count). The van der Waals surface area contributed by atoms with Crippen LogP contribution in [-0.4, -0.2) is 93.7 Å². The summed E-state index contributed by atoms with van der Waals surface area (Å²) in [7, 11) is -17.6. The Morgan fingerprint density at radius 1 is 0.553 bits per heavy atom. The molecule has 10 N–H and O–H groups in total. The van der Waals surface area contributed by atoms with Gasteiger partial charge in [-0.25, -0.2) is 0 Å². The SMILES string of the molecule is NCCNCCC[Si]1(O)O[Si](O)(CCCNCCN)O[Si](O)(c2ccccc2)O[Si](O)(c2ccccc2)O1. The van der Waals surface area contributed by atoms with Gasteiger partial charge in [0.2, 0.25) is 0 Å². The molecule has 4 unspecified atom stereocenters. The maximum atomic E-state index is 11.8. The third kappa shape index (κ3) is 8.92. The van der Waals surface area contributed by atoms with Crippen LogP contribution < -0.4 is 32.5 Å². The number of nitrogens with two attached hydrogens (primary N) is 2. The highest BCUT2D eigenvalue weighted by atomic mass is 28.5. The van der Waals surface area contributed by atoms with E-state index in [0.29, 0.717) is 52.1 Å². The van der Waals surface area contributed by atoms with Gasteiger partial charge in [0, 0.05) is 48.6 Å². The lowest BCUT2D eigenvalue weighted by Gasteiger charge is -2.44. The van der Waals surface area contributed by atoms with E-state index in [1.54, 1.807) is 60.7 Å². The van der Waals surface area contributed by atoms with Crippen LogP contribution in [0.25, 0.3) is 0 Å². The molecule has 212 valence electrons. The van der Waals surface area contributed by atoms with Crippen molar-refractivity contribution in [2.24, 2.45) is 11.5 Å². The smallest absolute Gasteiger partial charge is 0.391 e. The third-order valence-electron chi connectivity index (χ3n) is 5.80. The Kier molecular flexibility index (Phi) is 11.9. The van der Waals surface area contributed by atoms with Crippen molar-refractivity contribution in [3.05, 3.63) is 60.7 Å². The molecule has 1 fully saturated rings. The van der Waals surface area contributed by atoms with Crippen LogP contribution in [-0.2, 0) is 16.5 Å². The van der Waals surface area contributed by atoms with Gasteiger partial charge in [0.25, 0.3) is 0 Å². The average Bonchev–Trinajstić information content (AvgIpc) is 2.88. The minimum Gasteiger partial charge on any atom is -0.391 e. The highest BCUT2D eigenvalue weighted by molar-refractivity contribution is 6.95. The van der Waals surface area contributed by atoms with E-state index in [1.165, 1.54) is 0 Å². The summed E-state index contributed by atoms with van der Waals surface area (Å²) in [5.74, 6) is 0.